The zero-order valence-corrected chi connectivity index (χ0v) is 8.88. The fourth-order valence-electron chi connectivity index (χ4n) is 1.66. The first-order valence-electron chi connectivity index (χ1n) is 4.57. The number of carbonyl (C=O) groups excluding carboxylic acids is 1. The summed E-state index contributed by atoms with van der Waals surface area (Å²) in [7, 11) is 1.69. The minimum Gasteiger partial charge on any atom is -0.384 e. The molecule has 2 atom stereocenters. The molecule has 1 fully saturated rings. The zero-order valence-electron chi connectivity index (χ0n) is 8.12. The highest BCUT2D eigenvalue weighted by atomic mass is 35.5. The molecule has 0 radical (unpaired) electrons. The van der Waals surface area contributed by atoms with Crippen LogP contribution in [-0.4, -0.2) is 43.0 Å². The van der Waals surface area contributed by atoms with Gasteiger partial charge in [-0.3, -0.25) is 4.79 Å². The summed E-state index contributed by atoms with van der Waals surface area (Å²) in [5, 5.41) is -0.402. The number of amides is 1. The Bertz CT molecular complexity index is 184. The van der Waals surface area contributed by atoms with Crippen LogP contribution in [0.25, 0.3) is 0 Å². The van der Waals surface area contributed by atoms with E-state index in [9.17, 15) is 4.79 Å². The molecule has 0 saturated carbocycles. The average molecular weight is 206 g/mol. The van der Waals surface area contributed by atoms with Gasteiger partial charge >= 0.3 is 0 Å². The Balaban J connectivity index is 2.36. The van der Waals surface area contributed by atoms with E-state index < -0.39 is 5.38 Å². The van der Waals surface area contributed by atoms with Crippen molar-refractivity contribution in [1.82, 2.24) is 4.90 Å². The third-order valence-electron chi connectivity index (χ3n) is 2.34. The third-order valence-corrected chi connectivity index (χ3v) is 2.53. The van der Waals surface area contributed by atoms with Crippen molar-refractivity contribution in [2.45, 2.75) is 18.7 Å². The van der Waals surface area contributed by atoms with E-state index in [2.05, 4.69) is 0 Å². The van der Waals surface area contributed by atoms with Crippen molar-refractivity contribution in [1.29, 1.82) is 0 Å². The van der Waals surface area contributed by atoms with Crippen LogP contribution in [0.3, 0.4) is 0 Å². The molecule has 4 heteroatoms. The van der Waals surface area contributed by atoms with Gasteiger partial charge in [-0.25, -0.2) is 0 Å². The summed E-state index contributed by atoms with van der Waals surface area (Å²) in [4.78, 5) is 13.3. The van der Waals surface area contributed by atoms with Gasteiger partial charge in [-0.15, -0.1) is 11.6 Å². The van der Waals surface area contributed by atoms with Gasteiger partial charge in [0.2, 0.25) is 5.91 Å². The van der Waals surface area contributed by atoms with Gasteiger partial charge in [-0.05, 0) is 13.3 Å². The summed E-state index contributed by atoms with van der Waals surface area (Å²) in [6, 6.07) is 0. The van der Waals surface area contributed by atoms with E-state index in [1.54, 1.807) is 14.0 Å². The van der Waals surface area contributed by atoms with Crippen molar-refractivity contribution < 1.29 is 9.53 Å². The van der Waals surface area contributed by atoms with Gasteiger partial charge in [-0.1, -0.05) is 0 Å². The lowest BCUT2D eigenvalue weighted by atomic mass is 10.1. The minimum atomic E-state index is -0.402. The molecule has 0 N–H and O–H groups in total. The molecule has 1 heterocycles. The molecule has 76 valence electrons. The summed E-state index contributed by atoms with van der Waals surface area (Å²) < 4.78 is 5.04. The van der Waals surface area contributed by atoms with Gasteiger partial charge in [0.1, 0.15) is 5.38 Å². The van der Waals surface area contributed by atoms with Crippen LogP contribution in [0, 0.1) is 5.92 Å². The standard InChI is InChI=1S/C9H16ClNO2/c1-7(10)9(12)11-4-3-8(5-11)6-13-2/h7-8H,3-6H2,1-2H3/t7-,8+/m1/s1. The van der Waals surface area contributed by atoms with Crippen LogP contribution in [0.5, 0.6) is 0 Å². The average Bonchev–Trinajstić information content (AvgIpc) is 2.52. The fraction of sp³-hybridized carbons (Fsp3) is 0.889. The molecule has 13 heavy (non-hydrogen) atoms. The molecule has 0 bridgehead atoms. The lowest BCUT2D eigenvalue weighted by Gasteiger charge is -2.17. The Morgan fingerprint density at radius 3 is 3.00 bits per heavy atom. The molecule has 0 spiro atoms. The number of methoxy groups -OCH3 is 1. The van der Waals surface area contributed by atoms with Crippen LogP contribution in [-0.2, 0) is 9.53 Å². The smallest absolute Gasteiger partial charge is 0.240 e. The first-order chi connectivity index (χ1) is 6.15. The number of likely N-dealkylation sites (tertiary alicyclic amines) is 1. The van der Waals surface area contributed by atoms with E-state index in [-0.39, 0.29) is 5.91 Å². The summed E-state index contributed by atoms with van der Waals surface area (Å²) in [5.74, 6) is 0.532. The SMILES string of the molecule is COC[C@H]1CCN(C(=O)[C@@H](C)Cl)C1. The highest BCUT2D eigenvalue weighted by molar-refractivity contribution is 6.30. The summed E-state index contributed by atoms with van der Waals surface area (Å²) in [5.41, 5.74) is 0. The van der Waals surface area contributed by atoms with Crippen molar-refractivity contribution in [2.24, 2.45) is 5.92 Å². The number of nitrogens with zero attached hydrogens (tertiary/aromatic N) is 1. The second-order valence-electron chi connectivity index (χ2n) is 3.51. The second-order valence-corrected chi connectivity index (χ2v) is 4.16. The van der Waals surface area contributed by atoms with Crippen LogP contribution in [0.2, 0.25) is 0 Å². The number of hydrogen-bond acceptors (Lipinski definition) is 2. The fourth-order valence-corrected chi connectivity index (χ4v) is 1.79. The highest BCUT2D eigenvalue weighted by Crippen LogP contribution is 2.18. The lowest BCUT2D eigenvalue weighted by Crippen LogP contribution is -2.34. The molecule has 0 aromatic carbocycles. The number of rotatable bonds is 3. The molecule has 1 amide bonds. The van der Waals surface area contributed by atoms with Gasteiger partial charge < -0.3 is 9.64 Å². The van der Waals surface area contributed by atoms with E-state index in [1.807, 2.05) is 4.90 Å². The Morgan fingerprint density at radius 1 is 1.77 bits per heavy atom. The predicted molar refractivity (Wildman–Crippen MR) is 51.9 cm³/mol. The van der Waals surface area contributed by atoms with Gasteiger partial charge in [0.15, 0.2) is 0 Å². The van der Waals surface area contributed by atoms with Crippen molar-refractivity contribution >= 4 is 17.5 Å². The molecule has 0 aromatic heterocycles. The van der Waals surface area contributed by atoms with Gasteiger partial charge in [0, 0.05) is 26.1 Å². The van der Waals surface area contributed by atoms with Crippen molar-refractivity contribution in [3.63, 3.8) is 0 Å². The molecular formula is C9H16ClNO2. The molecule has 1 saturated heterocycles. The molecule has 1 aliphatic heterocycles. The quantitative estimate of drug-likeness (QED) is 0.646. The highest BCUT2D eigenvalue weighted by Gasteiger charge is 2.27. The summed E-state index contributed by atoms with van der Waals surface area (Å²) in [6.07, 6.45) is 1.03. The van der Waals surface area contributed by atoms with Crippen LogP contribution in [0.1, 0.15) is 13.3 Å². The monoisotopic (exact) mass is 205 g/mol. The Kier molecular flexibility index (Phi) is 4.00. The van der Waals surface area contributed by atoms with Crippen molar-refractivity contribution in [3.8, 4) is 0 Å². The molecule has 0 aromatic rings. The van der Waals surface area contributed by atoms with Crippen LogP contribution < -0.4 is 0 Å². The molecule has 1 rings (SSSR count). The number of hydrogen-bond donors (Lipinski definition) is 0. The van der Waals surface area contributed by atoms with Gasteiger partial charge in [0.05, 0.1) is 6.61 Å². The second kappa shape index (κ2) is 4.82. The van der Waals surface area contributed by atoms with Gasteiger partial charge in [0.25, 0.3) is 0 Å². The molecule has 3 nitrogen and oxygen atoms in total. The topological polar surface area (TPSA) is 29.5 Å². The maximum Gasteiger partial charge on any atom is 0.240 e. The van der Waals surface area contributed by atoms with Crippen LogP contribution in [0.15, 0.2) is 0 Å². The van der Waals surface area contributed by atoms with Crippen molar-refractivity contribution in [2.75, 3.05) is 26.8 Å². The van der Waals surface area contributed by atoms with E-state index in [4.69, 9.17) is 16.3 Å². The lowest BCUT2D eigenvalue weighted by molar-refractivity contribution is -0.129. The van der Waals surface area contributed by atoms with E-state index in [1.165, 1.54) is 0 Å². The number of carbonyl (C=O) groups is 1. The predicted octanol–water partition coefficient (Wildman–Crippen LogP) is 1.11. The maximum atomic E-state index is 11.4. The van der Waals surface area contributed by atoms with E-state index >= 15 is 0 Å². The Labute approximate surface area is 84.0 Å². The zero-order chi connectivity index (χ0) is 9.84. The largest absolute Gasteiger partial charge is 0.384 e. The molecule has 0 unspecified atom stereocenters. The van der Waals surface area contributed by atoms with Crippen LogP contribution in [0.4, 0.5) is 0 Å². The number of halogens is 1. The summed E-state index contributed by atoms with van der Waals surface area (Å²) >= 11 is 5.71. The molecular weight excluding hydrogens is 190 g/mol. The van der Waals surface area contributed by atoms with E-state index in [0.717, 1.165) is 26.1 Å². The first-order valence-corrected chi connectivity index (χ1v) is 5.00. The maximum absolute atomic E-state index is 11.4. The third kappa shape index (κ3) is 2.85. The number of alkyl halides is 1. The number of ether oxygens (including phenoxy) is 1. The minimum absolute atomic E-state index is 0.0419. The van der Waals surface area contributed by atoms with E-state index in [0.29, 0.717) is 5.92 Å². The molecule has 0 aliphatic carbocycles. The van der Waals surface area contributed by atoms with Crippen LogP contribution >= 0.6 is 11.6 Å². The normalized spacial score (nSPS) is 24.8. The molecule has 1 aliphatic rings. The van der Waals surface area contributed by atoms with Crippen molar-refractivity contribution in [3.05, 3.63) is 0 Å². The Hall–Kier alpha value is -0.280. The first kappa shape index (κ1) is 10.8. The summed E-state index contributed by atoms with van der Waals surface area (Å²) in [6.45, 7) is 4.07. The van der Waals surface area contributed by atoms with Gasteiger partial charge in [-0.2, -0.15) is 0 Å². The Morgan fingerprint density at radius 2 is 2.46 bits per heavy atom.